The Kier molecular flexibility index (Phi) is 31.7. The molecule has 0 unspecified atom stereocenters. The highest BCUT2D eigenvalue weighted by molar-refractivity contribution is 5.60. The van der Waals surface area contributed by atoms with Crippen LogP contribution in [0.1, 0.15) is 181 Å². The number of aromatic nitrogens is 2. The molecule has 2 aromatic heterocycles. The average Bonchev–Trinajstić information content (AvgIpc) is 3.02. The fourth-order valence-corrected chi connectivity index (χ4v) is 6.22. The van der Waals surface area contributed by atoms with E-state index in [2.05, 4.69) is 72.0 Å². The first kappa shape index (κ1) is 43.3. The zero-order valence-electron chi connectivity index (χ0n) is 29.1. The zero-order valence-corrected chi connectivity index (χ0v) is 32.2. The van der Waals surface area contributed by atoms with Crippen molar-refractivity contribution in [2.24, 2.45) is 0 Å². The quantitative estimate of drug-likeness (QED) is 0.0703. The summed E-state index contributed by atoms with van der Waals surface area (Å²) in [6.07, 6.45) is 45.9. The SMILES string of the molecule is CCCCCCCCCCCCCCC[n+]1ccc(-c2cc[n+](CCCCCCCCCCCCCCC)cc2)cc1.[Br-].[Br-]. The summed E-state index contributed by atoms with van der Waals surface area (Å²) in [6.45, 7) is 6.89. The van der Waals surface area contributed by atoms with Gasteiger partial charge in [0.2, 0.25) is 0 Å². The Morgan fingerprint density at radius 3 is 0.750 bits per heavy atom. The second-order valence-electron chi connectivity index (χ2n) is 13.1. The second-order valence-corrected chi connectivity index (χ2v) is 13.1. The van der Waals surface area contributed by atoms with E-state index in [-0.39, 0.29) is 34.0 Å². The third kappa shape index (κ3) is 23.6. The fourth-order valence-electron chi connectivity index (χ4n) is 6.22. The summed E-state index contributed by atoms with van der Waals surface area (Å²) < 4.78 is 4.72. The summed E-state index contributed by atoms with van der Waals surface area (Å²) in [4.78, 5) is 0. The van der Waals surface area contributed by atoms with Crippen LogP contribution in [0.25, 0.3) is 11.1 Å². The van der Waals surface area contributed by atoms with Gasteiger partial charge in [0.05, 0.1) is 0 Å². The van der Waals surface area contributed by atoms with E-state index in [0.29, 0.717) is 0 Å². The molecule has 2 nitrogen and oxygen atoms in total. The van der Waals surface area contributed by atoms with E-state index in [1.807, 2.05) is 0 Å². The zero-order chi connectivity index (χ0) is 29.8. The summed E-state index contributed by atoms with van der Waals surface area (Å²) in [5.74, 6) is 0. The minimum atomic E-state index is 0. The van der Waals surface area contributed by atoms with Crippen LogP contribution in [0.4, 0.5) is 0 Å². The van der Waals surface area contributed by atoms with E-state index in [4.69, 9.17) is 0 Å². The topological polar surface area (TPSA) is 7.76 Å². The van der Waals surface area contributed by atoms with Gasteiger partial charge >= 0.3 is 0 Å². The minimum Gasteiger partial charge on any atom is -1.00 e. The molecule has 2 heterocycles. The van der Waals surface area contributed by atoms with Crippen LogP contribution in [0.5, 0.6) is 0 Å². The maximum atomic E-state index is 2.36. The molecule has 0 fully saturated rings. The third-order valence-electron chi connectivity index (χ3n) is 9.16. The Labute approximate surface area is 295 Å². The number of pyridine rings is 2. The lowest BCUT2D eigenvalue weighted by Crippen LogP contribution is -3.00. The van der Waals surface area contributed by atoms with Gasteiger partial charge in [0.1, 0.15) is 13.1 Å². The minimum absolute atomic E-state index is 0. The lowest BCUT2D eigenvalue weighted by Gasteiger charge is -2.04. The summed E-state index contributed by atoms with van der Waals surface area (Å²) in [5.41, 5.74) is 2.65. The molecule has 44 heavy (non-hydrogen) atoms. The number of hydrogen-bond donors (Lipinski definition) is 0. The smallest absolute Gasteiger partial charge is 0.169 e. The Balaban J connectivity index is 0.00000924. The lowest BCUT2D eigenvalue weighted by molar-refractivity contribution is -0.697. The number of hydrogen-bond acceptors (Lipinski definition) is 0. The highest BCUT2D eigenvalue weighted by Crippen LogP contribution is 2.17. The van der Waals surface area contributed by atoms with E-state index in [0.717, 1.165) is 13.1 Å². The highest BCUT2D eigenvalue weighted by atomic mass is 79.9. The summed E-state index contributed by atoms with van der Waals surface area (Å²) in [6, 6.07) is 9.14. The maximum Gasteiger partial charge on any atom is 0.169 e. The Morgan fingerprint density at radius 2 is 0.523 bits per heavy atom. The number of rotatable bonds is 29. The van der Waals surface area contributed by atoms with E-state index < -0.39 is 0 Å². The molecule has 2 rings (SSSR count). The molecule has 0 spiro atoms. The van der Waals surface area contributed by atoms with Gasteiger partial charge in [0, 0.05) is 37.1 Å². The van der Waals surface area contributed by atoms with Gasteiger partial charge in [-0.05, 0) is 24.0 Å². The van der Waals surface area contributed by atoms with Crippen molar-refractivity contribution < 1.29 is 43.1 Å². The monoisotopic (exact) mass is 736 g/mol. The van der Waals surface area contributed by atoms with Crippen molar-refractivity contribution in [2.75, 3.05) is 0 Å². The molecule has 2 aromatic rings. The maximum absolute atomic E-state index is 2.36. The number of aryl methyl sites for hydroxylation is 2. The normalized spacial score (nSPS) is 10.9. The van der Waals surface area contributed by atoms with Crippen molar-refractivity contribution in [3.8, 4) is 11.1 Å². The van der Waals surface area contributed by atoms with E-state index >= 15 is 0 Å². The van der Waals surface area contributed by atoms with Crippen LogP contribution in [0.15, 0.2) is 49.1 Å². The molecule has 254 valence electrons. The van der Waals surface area contributed by atoms with Crippen LogP contribution in [-0.4, -0.2) is 0 Å². The molecule has 0 aliphatic heterocycles. The third-order valence-corrected chi connectivity index (χ3v) is 9.16. The van der Waals surface area contributed by atoms with Gasteiger partial charge in [-0.25, -0.2) is 9.13 Å². The summed E-state index contributed by atoms with van der Waals surface area (Å²) >= 11 is 0. The predicted molar refractivity (Wildman–Crippen MR) is 184 cm³/mol. The van der Waals surface area contributed by atoms with Gasteiger partial charge in [0.25, 0.3) is 0 Å². The summed E-state index contributed by atoms with van der Waals surface area (Å²) in [5, 5.41) is 0. The summed E-state index contributed by atoms with van der Waals surface area (Å²) in [7, 11) is 0. The predicted octanol–water partition coefficient (Wildman–Crippen LogP) is 6.12. The Bertz CT molecular complexity index is 766. The molecule has 0 bridgehead atoms. The molecule has 0 atom stereocenters. The van der Waals surface area contributed by atoms with Crippen LogP contribution in [0.2, 0.25) is 0 Å². The van der Waals surface area contributed by atoms with Gasteiger partial charge in [-0.2, -0.15) is 0 Å². The van der Waals surface area contributed by atoms with E-state index in [1.165, 1.54) is 178 Å². The lowest BCUT2D eigenvalue weighted by atomic mass is 10.0. The van der Waals surface area contributed by atoms with Crippen molar-refractivity contribution in [2.45, 2.75) is 194 Å². The molecule has 0 aliphatic carbocycles. The van der Waals surface area contributed by atoms with Crippen LogP contribution in [0.3, 0.4) is 0 Å². The number of halogens is 2. The fraction of sp³-hybridized carbons (Fsp3) is 0.750. The molecule has 0 aromatic carbocycles. The standard InChI is InChI=1S/C40H70N2.2BrH/c1-3-5-7-9-11-13-15-17-19-21-23-25-27-33-41-35-29-39(30-36-41)40-31-37-42(38-32-40)34-28-26-24-22-20-18-16-14-12-10-8-6-4-2;;/h29-32,35-38H,3-28,33-34H2,1-2H3;2*1H/q+2;;/p-2. The first-order valence-corrected chi connectivity index (χ1v) is 18.8. The van der Waals surface area contributed by atoms with Gasteiger partial charge in [0.15, 0.2) is 24.8 Å². The largest absolute Gasteiger partial charge is 1.00 e. The van der Waals surface area contributed by atoms with Gasteiger partial charge in [-0.15, -0.1) is 0 Å². The second kappa shape index (κ2) is 32.2. The van der Waals surface area contributed by atoms with E-state index in [9.17, 15) is 0 Å². The Hall–Kier alpha value is -0.740. The van der Waals surface area contributed by atoms with Crippen molar-refractivity contribution in [1.29, 1.82) is 0 Å². The van der Waals surface area contributed by atoms with Gasteiger partial charge in [-0.1, -0.05) is 155 Å². The molecular formula is C40H70Br2N2. The highest BCUT2D eigenvalue weighted by Gasteiger charge is 2.06. The van der Waals surface area contributed by atoms with Crippen molar-refractivity contribution >= 4 is 0 Å². The number of nitrogens with zero attached hydrogens (tertiary/aromatic N) is 2. The number of unbranched alkanes of at least 4 members (excludes halogenated alkanes) is 24. The molecule has 0 saturated carbocycles. The van der Waals surface area contributed by atoms with Crippen LogP contribution >= 0.6 is 0 Å². The molecule has 4 heteroatoms. The van der Waals surface area contributed by atoms with Crippen LogP contribution < -0.4 is 43.1 Å². The molecular weight excluding hydrogens is 668 g/mol. The Morgan fingerprint density at radius 1 is 0.318 bits per heavy atom. The average molecular weight is 739 g/mol. The molecule has 0 amide bonds. The van der Waals surface area contributed by atoms with Gasteiger partial charge < -0.3 is 34.0 Å². The van der Waals surface area contributed by atoms with Crippen LogP contribution in [0, 0.1) is 0 Å². The van der Waals surface area contributed by atoms with E-state index in [1.54, 1.807) is 0 Å². The van der Waals surface area contributed by atoms with Crippen molar-refractivity contribution in [1.82, 2.24) is 0 Å². The first-order valence-electron chi connectivity index (χ1n) is 18.8. The molecule has 0 saturated heterocycles. The van der Waals surface area contributed by atoms with Crippen molar-refractivity contribution in [3.05, 3.63) is 49.1 Å². The molecule has 0 aliphatic rings. The van der Waals surface area contributed by atoms with Crippen LogP contribution in [-0.2, 0) is 13.1 Å². The molecule has 0 radical (unpaired) electrons. The first-order chi connectivity index (χ1) is 20.8. The molecule has 0 N–H and O–H groups in total. The van der Waals surface area contributed by atoms with Gasteiger partial charge in [-0.3, -0.25) is 0 Å². The van der Waals surface area contributed by atoms with Crippen molar-refractivity contribution in [3.63, 3.8) is 0 Å².